The standard InChI is InChI=1S/C12H13N3O2/c1-8-9(2)17-15-11(8)12(16)14-7-10-4-3-5-13-6-10/h3-6H,7H2,1-2H3,(H,14,16). The molecule has 2 aromatic rings. The smallest absolute Gasteiger partial charge is 0.274 e. The number of hydrogen-bond acceptors (Lipinski definition) is 4. The number of pyridine rings is 1. The molecule has 17 heavy (non-hydrogen) atoms. The summed E-state index contributed by atoms with van der Waals surface area (Å²) in [6.45, 7) is 4.02. The molecule has 0 bridgehead atoms. The first-order chi connectivity index (χ1) is 8.18. The molecule has 2 rings (SSSR count). The molecule has 0 saturated heterocycles. The third-order valence-electron chi connectivity index (χ3n) is 2.55. The molecule has 0 unspecified atom stereocenters. The molecule has 1 amide bonds. The lowest BCUT2D eigenvalue weighted by Crippen LogP contribution is -2.23. The molecule has 0 spiro atoms. The summed E-state index contributed by atoms with van der Waals surface area (Å²) in [6.07, 6.45) is 3.40. The first-order valence-electron chi connectivity index (χ1n) is 5.28. The molecule has 0 aliphatic heterocycles. The van der Waals surface area contributed by atoms with Gasteiger partial charge in [-0.2, -0.15) is 0 Å². The molecule has 0 radical (unpaired) electrons. The Morgan fingerprint density at radius 3 is 2.88 bits per heavy atom. The number of aryl methyl sites for hydroxylation is 1. The molecule has 0 atom stereocenters. The summed E-state index contributed by atoms with van der Waals surface area (Å²) in [7, 11) is 0. The lowest BCUT2D eigenvalue weighted by molar-refractivity contribution is 0.0941. The number of carbonyl (C=O) groups is 1. The van der Waals surface area contributed by atoms with Crippen molar-refractivity contribution in [1.29, 1.82) is 0 Å². The molecule has 2 aromatic heterocycles. The number of carbonyl (C=O) groups excluding carboxylic acids is 1. The fraction of sp³-hybridized carbons (Fsp3) is 0.250. The van der Waals surface area contributed by atoms with Crippen molar-refractivity contribution in [1.82, 2.24) is 15.5 Å². The third-order valence-corrected chi connectivity index (χ3v) is 2.55. The van der Waals surface area contributed by atoms with Crippen molar-refractivity contribution in [2.24, 2.45) is 0 Å². The zero-order chi connectivity index (χ0) is 12.3. The normalized spacial score (nSPS) is 10.2. The van der Waals surface area contributed by atoms with E-state index < -0.39 is 0 Å². The van der Waals surface area contributed by atoms with Crippen LogP contribution in [0, 0.1) is 13.8 Å². The second-order valence-corrected chi connectivity index (χ2v) is 3.76. The van der Waals surface area contributed by atoms with Crippen LogP contribution in [0.25, 0.3) is 0 Å². The molecule has 2 heterocycles. The average molecular weight is 231 g/mol. The maximum absolute atomic E-state index is 11.8. The highest BCUT2D eigenvalue weighted by Gasteiger charge is 2.15. The second-order valence-electron chi connectivity index (χ2n) is 3.76. The lowest BCUT2D eigenvalue weighted by atomic mass is 10.2. The Morgan fingerprint density at radius 1 is 1.47 bits per heavy atom. The molecule has 0 aliphatic carbocycles. The Hall–Kier alpha value is -2.17. The van der Waals surface area contributed by atoms with Gasteiger partial charge in [-0.3, -0.25) is 9.78 Å². The van der Waals surface area contributed by atoms with E-state index in [0.717, 1.165) is 11.1 Å². The van der Waals surface area contributed by atoms with Crippen LogP contribution in [0.5, 0.6) is 0 Å². The van der Waals surface area contributed by atoms with Gasteiger partial charge in [-0.05, 0) is 25.5 Å². The van der Waals surface area contributed by atoms with E-state index in [2.05, 4.69) is 15.5 Å². The summed E-state index contributed by atoms with van der Waals surface area (Å²) in [5.41, 5.74) is 2.05. The maximum Gasteiger partial charge on any atom is 0.274 e. The van der Waals surface area contributed by atoms with Crippen LogP contribution in [0.3, 0.4) is 0 Å². The van der Waals surface area contributed by atoms with E-state index in [1.165, 1.54) is 0 Å². The van der Waals surface area contributed by atoms with Crippen LogP contribution in [0.1, 0.15) is 27.4 Å². The summed E-state index contributed by atoms with van der Waals surface area (Å²) in [6, 6.07) is 3.72. The first kappa shape index (κ1) is 11.3. The Morgan fingerprint density at radius 2 is 2.29 bits per heavy atom. The van der Waals surface area contributed by atoms with Crippen LogP contribution in [0.15, 0.2) is 29.0 Å². The molecule has 5 nitrogen and oxygen atoms in total. The van der Waals surface area contributed by atoms with Crippen molar-refractivity contribution in [2.75, 3.05) is 0 Å². The molecule has 0 aliphatic rings. The van der Waals surface area contributed by atoms with Gasteiger partial charge in [0.15, 0.2) is 5.69 Å². The van der Waals surface area contributed by atoms with E-state index in [0.29, 0.717) is 18.0 Å². The van der Waals surface area contributed by atoms with E-state index in [4.69, 9.17) is 4.52 Å². The fourth-order valence-electron chi connectivity index (χ4n) is 1.40. The van der Waals surface area contributed by atoms with Crippen LogP contribution in [-0.4, -0.2) is 16.0 Å². The van der Waals surface area contributed by atoms with Gasteiger partial charge in [0.2, 0.25) is 0 Å². The van der Waals surface area contributed by atoms with Gasteiger partial charge in [0.1, 0.15) is 5.76 Å². The topological polar surface area (TPSA) is 68.0 Å². The number of nitrogens with one attached hydrogen (secondary N) is 1. The van der Waals surface area contributed by atoms with E-state index >= 15 is 0 Å². The van der Waals surface area contributed by atoms with Crippen LogP contribution >= 0.6 is 0 Å². The Labute approximate surface area is 98.8 Å². The van der Waals surface area contributed by atoms with Crippen molar-refractivity contribution in [3.8, 4) is 0 Å². The largest absolute Gasteiger partial charge is 0.361 e. The summed E-state index contributed by atoms with van der Waals surface area (Å²) in [4.78, 5) is 15.8. The van der Waals surface area contributed by atoms with Crippen molar-refractivity contribution in [3.63, 3.8) is 0 Å². The monoisotopic (exact) mass is 231 g/mol. The van der Waals surface area contributed by atoms with Crippen molar-refractivity contribution in [2.45, 2.75) is 20.4 Å². The zero-order valence-electron chi connectivity index (χ0n) is 9.73. The minimum atomic E-state index is -0.233. The quantitative estimate of drug-likeness (QED) is 0.871. The summed E-state index contributed by atoms with van der Waals surface area (Å²) < 4.78 is 4.95. The van der Waals surface area contributed by atoms with Crippen molar-refractivity contribution in [3.05, 3.63) is 47.1 Å². The molecule has 0 saturated carbocycles. The van der Waals surface area contributed by atoms with Crippen LogP contribution in [-0.2, 0) is 6.54 Å². The number of amides is 1. The molecule has 1 N–H and O–H groups in total. The predicted molar refractivity (Wildman–Crippen MR) is 61.4 cm³/mol. The van der Waals surface area contributed by atoms with Gasteiger partial charge in [-0.25, -0.2) is 0 Å². The Balaban J connectivity index is 2.01. The van der Waals surface area contributed by atoms with Crippen LogP contribution in [0.2, 0.25) is 0 Å². The number of rotatable bonds is 3. The predicted octanol–water partition coefficient (Wildman–Crippen LogP) is 1.62. The molecule has 0 fully saturated rings. The summed E-state index contributed by atoms with van der Waals surface area (Å²) >= 11 is 0. The van der Waals surface area contributed by atoms with Gasteiger partial charge < -0.3 is 9.84 Å². The average Bonchev–Trinajstić information content (AvgIpc) is 2.69. The molecular formula is C12H13N3O2. The molecule has 5 heteroatoms. The van der Waals surface area contributed by atoms with Gasteiger partial charge in [0.05, 0.1) is 0 Å². The highest BCUT2D eigenvalue weighted by Crippen LogP contribution is 2.11. The summed E-state index contributed by atoms with van der Waals surface area (Å²) in [5.74, 6) is 0.430. The molecule has 0 aromatic carbocycles. The minimum absolute atomic E-state index is 0.233. The van der Waals surface area contributed by atoms with Crippen molar-refractivity contribution >= 4 is 5.91 Å². The maximum atomic E-state index is 11.8. The van der Waals surface area contributed by atoms with Gasteiger partial charge in [0.25, 0.3) is 5.91 Å². The van der Waals surface area contributed by atoms with Gasteiger partial charge in [-0.1, -0.05) is 11.2 Å². The molecular weight excluding hydrogens is 218 g/mol. The first-order valence-corrected chi connectivity index (χ1v) is 5.28. The van der Waals surface area contributed by atoms with Gasteiger partial charge >= 0.3 is 0 Å². The van der Waals surface area contributed by atoms with Crippen LogP contribution < -0.4 is 5.32 Å². The number of nitrogens with zero attached hydrogens (tertiary/aromatic N) is 2. The van der Waals surface area contributed by atoms with Crippen LogP contribution in [0.4, 0.5) is 0 Å². The van der Waals surface area contributed by atoms with E-state index in [-0.39, 0.29) is 5.91 Å². The Bertz CT molecular complexity index is 520. The van der Waals surface area contributed by atoms with Gasteiger partial charge in [-0.15, -0.1) is 0 Å². The highest BCUT2D eigenvalue weighted by atomic mass is 16.5. The fourth-order valence-corrected chi connectivity index (χ4v) is 1.40. The highest BCUT2D eigenvalue weighted by molar-refractivity contribution is 5.93. The summed E-state index contributed by atoms with van der Waals surface area (Å²) in [5, 5.41) is 6.49. The van der Waals surface area contributed by atoms with Gasteiger partial charge in [0, 0.05) is 24.5 Å². The Kier molecular flexibility index (Phi) is 3.18. The second kappa shape index (κ2) is 4.78. The number of aromatic nitrogens is 2. The minimum Gasteiger partial charge on any atom is -0.361 e. The SMILES string of the molecule is Cc1onc(C(=O)NCc2cccnc2)c1C. The van der Waals surface area contributed by atoms with E-state index in [1.54, 1.807) is 19.3 Å². The van der Waals surface area contributed by atoms with E-state index in [1.807, 2.05) is 19.1 Å². The number of hydrogen-bond donors (Lipinski definition) is 1. The third kappa shape index (κ3) is 2.50. The van der Waals surface area contributed by atoms with Crippen molar-refractivity contribution < 1.29 is 9.32 Å². The molecule has 88 valence electrons. The zero-order valence-corrected chi connectivity index (χ0v) is 9.73. The van der Waals surface area contributed by atoms with E-state index in [9.17, 15) is 4.79 Å². The lowest BCUT2D eigenvalue weighted by Gasteiger charge is -2.02.